The van der Waals surface area contributed by atoms with E-state index in [9.17, 15) is 24.3 Å². The van der Waals surface area contributed by atoms with Crippen molar-refractivity contribution >= 4 is 29.9 Å². The van der Waals surface area contributed by atoms with Gasteiger partial charge in [-0.3, -0.25) is 4.79 Å². The first-order valence-electron chi connectivity index (χ1n) is 15.3. The predicted molar refractivity (Wildman–Crippen MR) is 174 cm³/mol. The molecule has 0 bridgehead atoms. The molecular weight excluding hydrogens is 634 g/mol. The standard InChI is InChI=1S/C37H33NO11/c1-44-38-22-21-29(40)24-17-19-28(20-18-24)45-37-33(49-36(43)27-15-9-4-10-16-27)32(48-35(42)26-13-7-3-8-14-26)31(30(23-39)46-37)47-34(41)25-11-5-2-6-12-25/h2-20,22,30-33,37,39H,21,23H2,1H3/b38-22+/t30-,31-,32+,33-,37-/m1/s1. The predicted octanol–water partition coefficient (Wildman–Crippen LogP) is 4.66. The second-order valence-electron chi connectivity index (χ2n) is 10.7. The molecule has 4 aromatic rings. The van der Waals surface area contributed by atoms with Crippen LogP contribution in [0.15, 0.2) is 120 Å². The Hall–Kier alpha value is -5.85. The molecule has 5 atom stereocenters. The minimum atomic E-state index is -1.52. The number of carbonyl (C=O) groups is 4. The van der Waals surface area contributed by atoms with Crippen molar-refractivity contribution in [2.75, 3.05) is 13.7 Å². The molecule has 1 N–H and O–H groups in total. The summed E-state index contributed by atoms with van der Waals surface area (Å²) >= 11 is 0. The van der Waals surface area contributed by atoms with Crippen LogP contribution in [0.1, 0.15) is 47.9 Å². The lowest BCUT2D eigenvalue weighted by molar-refractivity contribution is -0.275. The van der Waals surface area contributed by atoms with E-state index in [1.54, 1.807) is 54.6 Å². The van der Waals surface area contributed by atoms with Gasteiger partial charge in [0.2, 0.25) is 12.4 Å². The fourth-order valence-corrected chi connectivity index (χ4v) is 4.99. The molecule has 1 aliphatic rings. The van der Waals surface area contributed by atoms with Crippen LogP contribution in [0.4, 0.5) is 0 Å². The highest BCUT2D eigenvalue weighted by atomic mass is 16.7. The number of hydrogen-bond acceptors (Lipinski definition) is 12. The maximum atomic E-state index is 13.5. The van der Waals surface area contributed by atoms with E-state index in [4.69, 9.17) is 23.7 Å². The van der Waals surface area contributed by atoms with E-state index in [0.29, 0.717) is 5.56 Å². The average Bonchev–Trinajstić information content (AvgIpc) is 3.15. The van der Waals surface area contributed by atoms with Crippen molar-refractivity contribution in [2.24, 2.45) is 5.16 Å². The SMILES string of the molecule is CO/N=C/CC(=O)c1ccc(O[C@@H]2O[C@H](CO)[C@@H](OC(=O)c3ccccc3)[C@H](OC(=O)c3ccccc3)[C@H]2OC(=O)c2ccccc2)cc1. The zero-order valence-corrected chi connectivity index (χ0v) is 26.3. The van der Waals surface area contributed by atoms with E-state index < -0.39 is 55.2 Å². The lowest BCUT2D eigenvalue weighted by atomic mass is 9.97. The number of hydrogen-bond donors (Lipinski definition) is 1. The van der Waals surface area contributed by atoms with Crippen molar-refractivity contribution in [3.8, 4) is 5.75 Å². The van der Waals surface area contributed by atoms with E-state index in [1.807, 2.05) is 0 Å². The number of ether oxygens (including phenoxy) is 5. The third-order valence-electron chi connectivity index (χ3n) is 7.41. The van der Waals surface area contributed by atoms with Crippen molar-refractivity contribution in [3.63, 3.8) is 0 Å². The average molecular weight is 668 g/mol. The van der Waals surface area contributed by atoms with Gasteiger partial charge in [-0.2, -0.15) is 0 Å². The van der Waals surface area contributed by atoms with Crippen molar-refractivity contribution in [1.82, 2.24) is 0 Å². The number of aliphatic hydroxyl groups excluding tert-OH is 1. The number of benzene rings is 4. The lowest BCUT2D eigenvalue weighted by Gasteiger charge is -2.44. The Labute approximate surface area is 281 Å². The number of aliphatic hydroxyl groups is 1. The van der Waals surface area contributed by atoms with Crippen LogP contribution in [-0.2, 0) is 23.8 Å². The molecule has 4 aromatic carbocycles. The Kier molecular flexibility index (Phi) is 11.8. The molecule has 0 aromatic heterocycles. The van der Waals surface area contributed by atoms with Gasteiger partial charge in [-0.25, -0.2) is 14.4 Å². The molecule has 1 fully saturated rings. The first-order valence-corrected chi connectivity index (χ1v) is 15.3. The minimum Gasteiger partial charge on any atom is -0.461 e. The van der Waals surface area contributed by atoms with Crippen LogP contribution in [0.5, 0.6) is 5.75 Å². The summed E-state index contributed by atoms with van der Waals surface area (Å²) in [5.41, 5.74) is 0.898. The van der Waals surface area contributed by atoms with Crippen LogP contribution in [0.2, 0.25) is 0 Å². The van der Waals surface area contributed by atoms with Gasteiger partial charge in [-0.05, 0) is 60.7 Å². The second-order valence-corrected chi connectivity index (χ2v) is 10.7. The monoisotopic (exact) mass is 667 g/mol. The van der Waals surface area contributed by atoms with Gasteiger partial charge in [0.15, 0.2) is 18.0 Å². The van der Waals surface area contributed by atoms with Crippen molar-refractivity contribution in [1.29, 1.82) is 0 Å². The summed E-state index contributed by atoms with van der Waals surface area (Å²) in [6.45, 7) is -0.693. The molecule has 0 saturated carbocycles. The fourth-order valence-electron chi connectivity index (χ4n) is 4.99. The molecule has 49 heavy (non-hydrogen) atoms. The summed E-state index contributed by atoms with van der Waals surface area (Å²) < 4.78 is 29.9. The van der Waals surface area contributed by atoms with Gasteiger partial charge in [0.1, 0.15) is 19.0 Å². The van der Waals surface area contributed by atoms with Gasteiger partial charge >= 0.3 is 17.9 Å². The summed E-state index contributed by atoms with van der Waals surface area (Å²) in [5.74, 6) is -2.46. The van der Waals surface area contributed by atoms with Gasteiger partial charge in [-0.15, -0.1) is 0 Å². The topological polar surface area (TPSA) is 156 Å². The molecule has 0 aliphatic carbocycles. The Morgan fingerprint density at radius 1 is 0.653 bits per heavy atom. The quantitative estimate of drug-likeness (QED) is 0.0695. The maximum Gasteiger partial charge on any atom is 0.338 e. The zero-order valence-electron chi connectivity index (χ0n) is 26.3. The third-order valence-corrected chi connectivity index (χ3v) is 7.41. The molecule has 5 rings (SSSR count). The highest BCUT2D eigenvalue weighted by molar-refractivity contribution is 6.03. The van der Waals surface area contributed by atoms with Crippen molar-refractivity contribution in [2.45, 2.75) is 37.1 Å². The summed E-state index contributed by atoms with van der Waals surface area (Å²) in [6.07, 6.45) is -5.94. The minimum absolute atomic E-state index is 0.00697. The van der Waals surface area contributed by atoms with Gasteiger partial charge in [0.05, 0.1) is 29.5 Å². The Morgan fingerprint density at radius 2 is 1.12 bits per heavy atom. The Balaban J connectivity index is 1.50. The number of Topliss-reactive ketones (excluding diaryl/α,β-unsaturated/α-hetero) is 1. The molecule has 0 radical (unpaired) electrons. The summed E-state index contributed by atoms with van der Waals surface area (Å²) in [5, 5.41) is 14.0. The normalized spacial score (nSPS) is 20.2. The Bertz CT molecular complexity index is 1730. The van der Waals surface area contributed by atoms with E-state index in [2.05, 4.69) is 9.99 Å². The number of oxime groups is 1. The molecule has 12 nitrogen and oxygen atoms in total. The second kappa shape index (κ2) is 16.8. The van der Waals surface area contributed by atoms with Gasteiger partial charge in [-0.1, -0.05) is 59.8 Å². The maximum absolute atomic E-state index is 13.5. The molecule has 0 amide bonds. The van der Waals surface area contributed by atoms with Crippen LogP contribution >= 0.6 is 0 Å². The number of esters is 3. The first kappa shape index (κ1) is 34.5. The number of carbonyl (C=O) groups excluding carboxylic acids is 4. The van der Waals surface area contributed by atoms with Gasteiger partial charge < -0.3 is 33.6 Å². The molecule has 12 heteroatoms. The molecule has 1 aliphatic heterocycles. The van der Waals surface area contributed by atoms with Crippen LogP contribution in [-0.4, -0.2) is 79.4 Å². The third kappa shape index (κ3) is 8.95. The lowest BCUT2D eigenvalue weighted by Crippen LogP contribution is -2.63. The van der Waals surface area contributed by atoms with E-state index in [1.165, 1.54) is 74.0 Å². The summed E-state index contributed by atoms with van der Waals surface area (Å²) in [6, 6.07) is 30.2. The van der Waals surface area contributed by atoms with E-state index in [-0.39, 0.29) is 34.6 Å². The highest BCUT2D eigenvalue weighted by Gasteiger charge is 2.53. The fraction of sp³-hybridized carbons (Fsp3) is 0.216. The van der Waals surface area contributed by atoms with Crippen molar-refractivity contribution in [3.05, 3.63) is 138 Å². The summed E-state index contributed by atoms with van der Waals surface area (Å²) in [7, 11) is 1.37. The smallest absolute Gasteiger partial charge is 0.338 e. The molecule has 0 spiro atoms. The van der Waals surface area contributed by atoms with E-state index in [0.717, 1.165) is 0 Å². The summed E-state index contributed by atoms with van der Waals surface area (Å²) in [4.78, 5) is 57.3. The number of ketones is 1. The first-order chi connectivity index (χ1) is 23.9. The van der Waals surface area contributed by atoms with Crippen LogP contribution in [0.3, 0.4) is 0 Å². The van der Waals surface area contributed by atoms with Crippen molar-refractivity contribution < 1.29 is 52.8 Å². The molecule has 1 heterocycles. The molecule has 252 valence electrons. The van der Waals surface area contributed by atoms with Crippen LogP contribution in [0, 0.1) is 0 Å². The van der Waals surface area contributed by atoms with Gasteiger partial charge in [0, 0.05) is 12.0 Å². The number of nitrogens with zero attached hydrogens (tertiary/aromatic N) is 1. The largest absolute Gasteiger partial charge is 0.461 e. The van der Waals surface area contributed by atoms with Gasteiger partial charge in [0.25, 0.3) is 0 Å². The zero-order chi connectivity index (χ0) is 34.6. The van der Waals surface area contributed by atoms with Crippen LogP contribution in [0.25, 0.3) is 0 Å². The Morgan fingerprint density at radius 3 is 1.59 bits per heavy atom. The van der Waals surface area contributed by atoms with Crippen LogP contribution < -0.4 is 4.74 Å². The molecular formula is C37H33NO11. The highest BCUT2D eigenvalue weighted by Crippen LogP contribution is 2.32. The molecule has 1 saturated heterocycles. The molecule has 0 unspecified atom stereocenters. The number of rotatable bonds is 13. The van der Waals surface area contributed by atoms with E-state index >= 15 is 0 Å².